The van der Waals surface area contributed by atoms with E-state index < -0.39 is 0 Å². The Morgan fingerprint density at radius 3 is 2.56 bits per heavy atom. The predicted octanol–water partition coefficient (Wildman–Crippen LogP) is 3.67. The summed E-state index contributed by atoms with van der Waals surface area (Å²) in [4.78, 5) is 2.70. The molecule has 108 valence electrons. The van der Waals surface area contributed by atoms with Crippen molar-refractivity contribution in [3.8, 4) is 0 Å². The molecule has 0 aromatic carbocycles. The summed E-state index contributed by atoms with van der Waals surface area (Å²) in [6.45, 7) is 12.1. The molecule has 1 heterocycles. The van der Waals surface area contributed by atoms with Crippen LogP contribution in [0.15, 0.2) is 0 Å². The van der Waals surface area contributed by atoms with E-state index in [0.717, 1.165) is 5.92 Å². The van der Waals surface area contributed by atoms with E-state index in [1.807, 2.05) is 0 Å². The Hall–Kier alpha value is -0.0800. The molecule has 18 heavy (non-hydrogen) atoms. The van der Waals surface area contributed by atoms with E-state index in [2.05, 4.69) is 31.0 Å². The first-order valence-corrected chi connectivity index (χ1v) is 8.18. The first-order chi connectivity index (χ1) is 8.72. The second-order valence-electron chi connectivity index (χ2n) is 6.27. The van der Waals surface area contributed by atoms with Gasteiger partial charge in [-0.25, -0.2) is 0 Å². The molecule has 0 radical (unpaired) electrons. The predicted molar refractivity (Wildman–Crippen MR) is 81.1 cm³/mol. The normalized spacial score (nSPS) is 26.8. The SMILES string of the molecule is CCCCCCCCN1CCC(C)NCC(C)C1. The molecule has 2 unspecified atom stereocenters. The summed E-state index contributed by atoms with van der Waals surface area (Å²) in [6.07, 6.45) is 9.79. The molecule has 0 spiro atoms. The molecular formula is C16H34N2. The van der Waals surface area contributed by atoms with Crippen molar-refractivity contribution in [3.63, 3.8) is 0 Å². The van der Waals surface area contributed by atoms with Gasteiger partial charge in [0.1, 0.15) is 0 Å². The third-order valence-electron chi connectivity index (χ3n) is 4.09. The van der Waals surface area contributed by atoms with Crippen LogP contribution in [0.5, 0.6) is 0 Å². The van der Waals surface area contributed by atoms with Crippen LogP contribution in [0.25, 0.3) is 0 Å². The molecule has 1 aliphatic rings. The van der Waals surface area contributed by atoms with Gasteiger partial charge in [0, 0.05) is 12.6 Å². The highest BCUT2D eigenvalue weighted by atomic mass is 15.1. The number of unbranched alkanes of at least 4 members (excludes halogenated alkanes) is 5. The minimum atomic E-state index is 0.694. The largest absolute Gasteiger partial charge is 0.314 e. The van der Waals surface area contributed by atoms with Gasteiger partial charge in [0.05, 0.1) is 0 Å². The molecule has 0 amide bonds. The van der Waals surface area contributed by atoms with Gasteiger partial charge in [0.2, 0.25) is 0 Å². The van der Waals surface area contributed by atoms with Gasteiger partial charge < -0.3 is 10.2 Å². The molecule has 2 heteroatoms. The molecule has 2 nitrogen and oxygen atoms in total. The van der Waals surface area contributed by atoms with Gasteiger partial charge in [-0.1, -0.05) is 46.0 Å². The lowest BCUT2D eigenvalue weighted by Crippen LogP contribution is -2.42. The second-order valence-corrected chi connectivity index (χ2v) is 6.27. The van der Waals surface area contributed by atoms with Crippen molar-refractivity contribution in [1.29, 1.82) is 0 Å². The van der Waals surface area contributed by atoms with Crippen molar-refractivity contribution in [2.75, 3.05) is 26.2 Å². The fourth-order valence-corrected chi connectivity index (χ4v) is 2.80. The van der Waals surface area contributed by atoms with E-state index in [4.69, 9.17) is 0 Å². The third-order valence-corrected chi connectivity index (χ3v) is 4.09. The topological polar surface area (TPSA) is 15.3 Å². The fraction of sp³-hybridized carbons (Fsp3) is 1.00. The Kier molecular flexibility index (Phi) is 8.70. The quantitative estimate of drug-likeness (QED) is 0.697. The highest BCUT2D eigenvalue weighted by Crippen LogP contribution is 2.10. The summed E-state index contributed by atoms with van der Waals surface area (Å²) in [6, 6.07) is 0.694. The number of hydrogen-bond donors (Lipinski definition) is 1. The Morgan fingerprint density at radius 1 is 1.06 bits per heavy atom. The number of hydrogen-bond acceptors (Lipinski definition) is 2. The number of rotatable bonds is 7. The molecule has 1 fully saturated rings. The van der Waals surface area contributed by atoms with Gasteiger partial charge >= 0.3 is 0 Å². The minimum absolute atomic E-state index is 0.694. The Balaban J connectivity index is 2.10. The summed E-state index contributed by atoms with van der Waals surface area (Å²) in [5.41, 5.74) is 0. The van der Waals surface area contributed by atoms with Crippen molar-refractivity contribution < 1.29 is 0 Å². The van der Waals surface area contributed by atoms with E-state index in [0.29, 0.717) is 6.04 Å². The fourth-order valence-electron chi connectivity index (χ4n) is 2.80. The smallest absolute Gasteiger partial charge is 0.00510 e. The van der Waals surface area contributed by atoms with Crippen molar-refractivity contribution in [2.45, 2.75) is 71.8 Å². The van der Waals surface area contributed by atoms with Crippen LogP contribution >= 0.6 is 0 Å². The molecule has 0 aliphatic carbocycles. The zero-order valence-corrected chi connectivity index (χ0v) is 12.9. The van der Waals surface area contributed by atoms with Crippen LogP contribution in [0, 0.1) is 5.92 Å². The van der Waals surface area contributed by atoms with Crippen LogP contribution in [-0.4, -0.2) is 37.1 Å². The molecule has 0 bridgehead atoms. The molecule has 1 aliphatic heterocycles. The standard InChI is InChI=1S/C16H34N2/c1-4-5-6-7-8-9-11-18-12-10-16(3)17-13-15(2)14-18/h15-17H,4-14H2,1-3H3. The molecule has 1 saturated heterocycles. The highest BCUT2D eigenvalue weighted by molar-refractivity contribution is 4.73. The van der Waals surface area contributed by atoms with Gasteiger partial charge in [-0.15, -0.1) is 0 Å². The van der Waals surface area contributed by atoms with Gasteiger partial charge in [0.25, 0.3) is 0 Å². The van der Waals surface area contributed by atoms with E-state index in [1.54, 1.807) is 0 Å². The maximum absolute atomic E-state index is 3.62. The molecular weight excluding hydrogens is 220 g/mol. The zero-order chi connectivity index (χ0) is 13.2. The summed E-state index contributed by atoms with van der Waals surface area (Å²) in [5.74, 6) is 0.799. The van der Waals surface area contributed by atoms with Crippen LogP contribution in [0.1, 0.15) is 65.7 Å². The first-order valence-electron chi connectivity index (χ1n) is 8.18. The van der Waals surface area contributed by atoms with Crippen LogP contribution in [-0.2, 0) is 0 Å². The monoisotopic (exact) mass is 254 g/mol. The van der Waals surface area contributed by atoms with E-state index in [-0.39, 0.29) is 0 Å². The van der Waals surface area contributed by atoms with E-state index in [1.165, 1.54) is 71.1 Å². The maximum atomic E-state index is 3.62. The molecule has 1 N–H and O–H groups in total. The zero-order valence-electron chi connectivity index (χ0n) is 12.9. The third kappa shape index (κ3) is 7.38. The average molecular weight is 254 g/mol. The summed E-state index contributed by atoms with van der Waals surface area (Å²) in [7, 11) is 0. The summed E-state index contributed by atoms with van der Waals surface area (Å²) in [5, 5.41) is 3.62. The van der Waals surface area contributed by atoms with Crippen molar-refractivity contribution in [1.82, 2.24) is 10.2 Å². The summed E-state index contributed by atoms with van der Waals surface area (Å²) < 4.78 is 0. The minimum Gasteiger partial charge on any atom is -0.314 e. The molecule has 2 atom stereocenters. The summed E-state index contributed by atoms with van der Waals surface area (Å²) >= 11 is 0. The molecule has 0 aromatic heterocycles. The molecule has 0 aromatic rings. The van der Waals surface area contributed by atoms with Gasteiger partial charge in [-0.05, 0) is 45.3 Å². The Labute approximate surface area is 115 Å². The van der Waals surface area contributed by atoms with E-state index >= 15 is 0 Å². The van der Waals surface area contributed by atoms with Crippen LogP contribution in [0.2, 0.25) is 0 Å². The number of nitrogens with zero attached hydrogens (tertiary/aromatic N) is 1. The van der Waals surface area contributed by atoms with Crippen molar-refractivity contribution >= 4 is 0 Å². The number of nitrogens with one attached hydrogen (secondary N) is 1. The lowest BCUT2D eigenvalue weighted by molar-refractivity contribution is 0.198. The second kappa shape index (κ2) is 9.80. The highest BCUT2D eigenvalue weighted by Gasteiger charge is 2.15. The maximum Gasteiger partial charge on any atom is 0.00510 e. The van der Waals surface area contributed by atoms with Crippen molar-refractivity contribution in [2.24, 2.45) is 5.92 Å². The lowest BCUT2D eigenvalue weighted by Gasteiger charge is -2.31. The van der Waals surface area contributed by atoms with Crippen LogP contribution < -0.4 is 5.32 Å². The van der Waals surface area contributed by atoms with Gasteiger partial charge in [-0.3, -0.25) is 0 Å². The lowest BCUT2D eigenvalue weighted by atomic mass is 10.1. The first kappa shape index (κ1) is 16.0. The molecule has 0 saturated carbocycles. The van der Waals surface area contributed by atoms with Crippen molar-refractivity contribution in [3.05, 3.63) is 0 Å². The van der Waals surface area contributed by atoms with Crippen LogP contribution in [0.3, 0.4) is 0 Å². The van der Waals surface area contributed by atoms with Gasteiger partial charge in [-0.2, -0.15) is 0 Å². The van der Waals surface area contributed by atoms with Crippen LogP contribution in [0.4, 0.5) is 0 Å². The Bertz CT molecular complexity index is 194. The average Bonchev–Trinajstić information content (AvgIpc) is 2.35. The van der Waals surface area contributed by atoms with E-state index in [9.17, 15) is 0 Å². The molecule has 1 rings (SSSR count). The Morgan fingerprint density at radius 2 is 1.78 bits per heavy atom. The van der Waals surface area contributed by atoms with Gasteiger partial charge in [0.15, 0.2) is 0 Å².